The molecule has 0 aliphatic heterocycles. The van der Waals surface area contributed by atoms with Crippen molar-refractivity contribution >= 4 is 17.5 Å². The summed E-state index contributed by atoms with van der Waals surface area (Å²) < 4.78 is 0. The third kappa shape index (κ3) is 3.38. The lowest BCUT2D eigenvalue weighted by Crippen LogP contribution is -2.45. The molecule has 32 heavy (non-hydrogen) atoms. The molecule has 0 aromatic rings. The van der Waals surface area contributed by atoms with Gasteiger partial charge < -0.3 is 5.11 Å². The molecule has 1 N–H and O–H groups in total. The lowest BCUT2D eigenvalue weighted by molar-refractivity contribution is -0.142. The van der Waals surface area contributed by atoms with Gasteiger partial charge in [-0.25, -0.2) is 0 Å². The topological polar surface area (TPSA) is 71.4 Å². The van der Waals surface area contributed by atoms with Gasteiger partial charge in [-0.15, -0.1) is 0 Å². The number of allylic oxidation sites excluding steroid dienone is 8. The van der Waals surface area contributed by atoms with Crippen molar-refractivity contribution in [2.45, 2.75) is 66.7 Å². The number of rotatable bonds is 5. The van der Waals surface area contributed by atoms with Gasteiger partial charge in [-0.2, -0.15) is 0 Å². The Labute approximate surface area is 191 Å². The normalized spacial score (nSPS) is 37.0. The van der Waals surface area contributed by atoms with E-state index in [1.54, 1.807) is 19.1 Å². The zero-order chi connectivity index (χ0) is 23.4. The van der Waals surface area contributed by atoms with Gasteiger partial charge in [0.1, 0.15) is 0 Å². The van der Waals surface area contributed by atoms with Crippen molar-refractivity contribution in [2.75, 3.05) is 0 Å². The van der Waals surface area contributed by atoms with Crippen molar-refractivity contribution in [3.05, 3.63) is 47.1 Å². The molecule has 7 unspecified atom stereocenters. The lowest BCUT2D eigenvalue weighted by atomic mass is 9.52. The van der Waals surface area contributed by atoms with Gasteiger partial charge in [-0.05, 0) is 73.3 Å². The molecule has 4 nitrogen and oxygen atoms in total. The molecule has 0 bridgehead atoms. The minimum Gasteiger partial charge on any atom is -0.481 e. The van der Waals surface area contributed by atoms with Gasteiger partial charge >= 0.3 is 5.97 Å². The van der Waals surface area contributed by atoms with Gasteiger partial charge in [-0.1, -0.05) is 58.4 Å². The van der Waals surface area contributed by atoms with Crippen molar-refractivity contribution in [1.82, 2.24) is 0 Å². The average Bonchev–Trinajstić information content (AvgIpc) is 3.09. The standard InChI is InChI=1S/C28H36O4/c1-16(18(3)26(31)32)8-9-17(2)19-10-11-20-25-21(12-14-28(19,20)5)27(4)13-6-7-23(29)22(27)15-24(25)30/h6-9,15-19,21H,10-14H2,1-5H3,(H,31,32). The highest BCUT2D eigenvalue weighted by Crippen LogP contribution is 2.63. The lowest BCUT2D eigenvalue weighted by Gasteiger charge is -2.50. The van der Waals surface area contributed by atoms with Crippen LogP contribution in [0.15, 0.2) is 47.1 Å². The van der Waals surface area contributed by atoms with Crippen LogP contribution in [0.5, 0.6) is 0 Å². The number of ketones is 2. The van der Waals surface area contributed by atoms with Crippen LogP contribution < -0.4 is 0 Å². The van der Waals surface area contributed by atoms with Crippen LogP contribution in [0.25, 0.3) is 0 Å². The van der Waals surface area contributed by atoms with Crippen molar-refractivity contribution in [1.29, 1.82) is 0 Å². The second-order valence-corrected chi connectivity index (χ2v) is 11.1. The van der Waals surface area contributed by atoms with E-state index in [4.69, 9.17) is 0 Å². The maximum atomic E-state index is 13.3. The largest absolute Gasteiger partial charge is 0.481 e. The second-order valence-electron chi connectivity index (χ2n) is 11.1. The summed E-state index contributed by atoms with van der Waals surface area (Å²) in [5.74, 6) is -0.241. The molecule has 4 aliphatic rings. The summed E-state index contributed by atoms with van der Waals surface area (Å²) in [6.45, 7) is 10.4. The zero-order valence-electron chi connectivity index (χ0n) is 20.0. The Balaban J connectivity index is 1.65. The highest BCUT2D eigenvalue weighted by molar-refractivity contribution is 6.16. The first kappa shape index (κ1) is 22.9. The van der Waals surface area contributed by atoms with E-state index in [1.807, 2.05) is 13.0 Å². The number of carboxylic acids is 1. The van der Waals surface area contributed by atoms with Gasteiger partial charge in [0.25, 0.3) is 0 Å². The van der Waals surface area contributed by atoms with Crippen LogP contribution >= 0.6 is 0 Å². The van der Waals surface area contributed by atoms with E-state index >= 15 is 0 Å². The molecule has 4 aliphatic carbocycles. The number of hydrogen-bond donors (Lipinski definition) is 1. The summed E-state index contributed by atoms with van der Waals surface area (Å²) in [6, 6.07) is 0. The molecule has 1 saturated carbocycles. The summed E-state index contributed by atoms with van der Waals surface area (Å²) in [5.41, 5.74) is 2.75. The Hall–Kier alpha value is -2.23. The fourth-order valence-electron chi connectivity index (χ4n) is 7.05. The number of carbonyl (C=O) groups is 3. The molecule has 0 amide bonds. The zero-order valence-corrected chi connectivity index (χ0v) is 20.0. The van der Waals surface area contributed by atoms with Crippen LogP contribution in [0.2, 0.25) is 0 Å². The first-order chi connectivity index (χ1) is 15.0. The van der Waals surface area contributed by atoms with E-state index in [1.165, 1.54) is 5.57 Å². The molecule has 0 heterocycles. The fraction of sp³-hybridized carbons (Fsp3) is 0.607. The number of hydrogen-bond acceptors (Lipinski definition) is 3. The number of fused-ring (bicyclic) bond motifs is 4. The van der Waals surface area contributed by atoms with E-state index in [9.17, 15) is 19.5 Å². The first-order valence-corrected chi connectivity index (χ1v) is 12.1. The van der Waals surface area contributed by atoms with E-state index in [2.05, 4.69) is 32.9 Å². The number of carbonyl (C=O) groups excluding carboxylic acids is 2. The molecule has 0 saturated heterocycles. The second kappa shape index (κ2) is 7.97. The number of aliphatic carboxylic acids is 1. The SMILES string of the molecule is CC(C=CC(C)C1CCC2=C3C(=O)C=C4C(=O)C=CCC4(C)C3CCC21C)C(C)C(=O)O. The Morgan fingerprint density at radius 3 is 2.50 bits per heavy atom. The summed E-state index contributed by atoms with van der Waals surface area (Å²) in [4.78, 5) is 37.1. The van der Waals surface area contributed by atoms with Gasteiger partial charge in [0, 0.05) is 16.6 Å². The molecule has 7 atom stereocenters. The van der Waals surface area contributed by atoms with Crippen LogP contribution in [-0.4, -0.2) is 22.6 Å². The summed E-state index contributed by atoms with van der Waals surface area (Å²) in [7, 11) is 0. The molecule has 0 spiro atoms. The monoisotopic (exact) mass is 436 g/mol. The molecule has 172 valence electrons. The van der Waals surface area contributed by atoms with Crippen LogP contribution in [0.4, 0.5) is 0 Å². The predicted octanol–water partition coefficient (Wildman–Crippen LogP) is 5.70. The Morgan fingerprint density at radius 2 is 1.81 bits per heavy atom. The molecule has 4 rings (SSSR count). The predicted molar refractivity (Wildman–Crippen MR) is 125 cm³/mol. The van der Waals surface area contributed by atoms with E-state index in [0.29, 0.717) is 17.4 Å². The van der Waals surface area contributed by atoms with Crippen LogP contribution in [0, 0.1) is 40.4 Å². The molecule has 1 fully saturated rings. The molecular formula is C28H36O4. The fourth-order valence-corrected chi connectivity index (χ4v) is 7.05. The Kier molecular flexibility index (Phi) is 5.71. The Morgan fingerprint density at radius 1 is 1.09 bits per heavy atom. The maximum Gasteiger partial charge on any atom is 0.306 e. The average molecular weight is 437 g/mol. The van der Waals surface area contributed by atoms with Gasteiger partial charge in [0.15, 0.2) is 11.6 Å². The first-order valence-electron chi connectivity index (χ1n) is 12.1. The van der Waals surface area contributed by atoms with Crippen LogP contribution in [0.1, 0.15) is 66.7 Å². The summed E-state index contributed by atoms with van der Waals surface area (Å²) >= 11 is 0. The van der Waals surface area contributed by atoms with Gasteiger partial charge in [0.05, 0.1) is 5.92 Å². The van der Waals surface area contributed by atoms with Crippen molar-refractivity contribution in [2.24, 2.45) is 40.4 Å². The maximum absolute atomic E-state index is 13.3. The quantitative estimate of drug-likeness (QED) is 0.561. The molecule has 0 aromatic carbocycles. The Bertz CT molecular complexity index is 979. The molecule has 4 heteroatoms. The molecular weight excluding hydrogens is 400 g/mol. The summed E-state index contributed by atoms with van der Waals surface area (Å²) in [5, 5.41) is 9.28. The van der Waals surface area contributed by atoms with Crippen molar-refractivity contribution in [3.63, 3.8) is 0 Å². The van der Waals surface area contributed by atoms with Crippen LogP contribution in [0.3, 0.4) is 0 Å². The van der Waals surface area contributed by atoms with Crippen molar-refractivity contribution < 1.29 is 19.5 Å². The van der Waals surface area contributed by atoms with E-state index in [0.717, 1.165) is 37.7 Å². The summed E-state index contributed by atoms with van der Waals surface area (Å²) in [6.07, 6.45) is 14.3. The van der Waals surface area contributed by atoms with E-state index < -0.39 is 11.9 Å². The molecule has 0 aromatic heterocycles. The smallest absolute Gasteiger partial charge is 0.306 e. The van der Waals surface area contributed by atoms with Gasteiger partial charge in [-0.3, -0.25) is 14.4 Å². The third-order valence-corrected chi connectivity index (χ3v) is 9.37. The number of carboxylic acid groups (broad SMARTS) is 1. The van der Waals surface area contributed by atoms with Gasteiger partial charge in [0.2, 0.25) is 0 Å². The highest BCUT2D eigenvalue weighted by Gasteiger charge is 2.55. The van der Waals surface area contributed by atoms with E-state index in [-0.39, 0.29) is 34.2 Å². The molecule has 0 radical (unpaired) electrons. The highest BCUT2D eigenvalue weighted by atomic mass is 16.4. The van der Waals surface area contributed by atoms with Crippen molar-refractivity contribution in [3.8, 4) is 0 Å². The third-order valence-electron chi connectivity index (χ3n) is 9.37. The minimum absolute atomic E-state index is 0.00254. The minimum atomic E-state index is -0.763. The van der Waals surface area contributed by atoms with Crippen LogP contribution in [-0.2, 0) is 14.4 Å².